The van der Waals surface area contributed by atoms with Crippen molar-refractivity contribution in [3.05, 3.63) is 95.6 Å². The van der Waals surface area contributed by atoms with Gasteiger partial charge in [-0.05, 0) is 69.0 Å². The van der Waals surface area contributed by atoms with E-state index in [1.165, 1.54) is 0 Å². The van der Waals surface area contributed by atoms with E-state index in [0.29, 0.717) is 35.7 Å². The van der Waals surface area contributed by atoms with Gasteiger partial charge in [0.15, 0.2) is 0 Å². The maximum absolute atomic E-state index is 14.3. The van der Waals surface area contributed by atoms with Crippen LogP contribution in [0.1, 0.15) is 66.3 Å². The second-order valence-corrected chi connectivity index (χ2v) is 12.3. The molecule has 9 nitrogen and oxygen atoms in total. The summed E-state index contributed by atoms with van der Waals surface area (Å²) >= 11 is 0. The number of ether oxygens (including phenoxy) is 2. The van der Waals surface area contributed by atoms with Gasteiger partial charge in [-0.3, -0.25) is 14.4 Å². The molecule has 4 atom stereocenters. The van der Waals surface area contributed by atoms with Gasteiger partial charge in [-0.15, -0.1) is 0 Å². The Morgan fingerprint density at radius 3 is 2.41 bits per heavy atom. The summed E-state index contributed by atoms with van der Waals surface area (Å²) in [4.78, 5) is 43.7. The molecular weight excluding hydrogens is 582 g/mol. The number of rotatable bonds is 8. The van der Waals surface area contributed by atoms with Gasteiger partial charge in [0.1, 0.15) is 5.75 Å². The number of aliphatic hydroxyl groups is 1. The summed E-state index contributed by atoms with van der Waals surface area (Å²) < 4.78 is 12.7. The average molecular weight is 630 g/mol. The van der Waals surface area contributed by atoms with Crippen LogP contribution >= 0.6 is 0 Å². The smallest absolute Gasteiger partial charge is 0.258 e. The lowest BCUT2D eigenvalue weighted by Gasteiger charge is -2.36. The molecule has 4 rings (SSSR count). The van der Waals surface area contributed by atoms with E-state index in [1.807, 2.05) is 62.4 Å². The van der Waals surface area contributed by atoms with Crippen molar-refractivity contribution in [2.75, 3.05) is 38.7 Å². The van der Waals surface area contributed by atoms with Crippen LogP contribution in [0.15, 0.2) is 78.9 Å². The lowest BCUT2D eigenvalue weighted by atomic mass is 10.0. The van der Waals surface area contributed by atoms with Gasteiger partial charge in [-0.25, -0.2) is 0 Å². The maximum Gasteiger partial charge on any atom is 0.258 e. The fourth-order valence-corrected chi connectivity index (χ4v) is 5.60. The first-order valence-electron chi connectivity index (χ1n) is 16.1. The first-order chi connectivity index (χ1) is 22.2. The third kappa shape index (κ3) is 9.64. The van der Waals surface area contributed by atoms with E-state index in [0.717, 1.165) is 24.8 Å². The van der Waals surface area contributed by atoms with E-state index < -0.39 is 6.04 Å². The Morgan fingerprint density at radius 1 is 1.02 bits per heavy atom. The Kier molecular flexibility index (Phi) is 12.7. The minimum Gasteiger partial charge on any atom is -0.490 e. The first kappa shape index (κ1) is 34.7. The van der Waals surface area contributed by atoms with Crippen LogP contribution in [-0.2, 0) is 16.0 Å². The topological polar surface area (TPSA) is 108 Å². The number of likely N-dealkylation sites (N-methyl/N-ethyl adjacent to an activating group) is 1. The number of aliphatic hydroxyl groups excluding tert-OH is 1. The van der Waals surface area contributed by atoms with E-state index in [1.54, 1.807) is 54.1 Å². The van der Waals surface area contributed by atoms with Crippen molar-refractivity contribution in [1.82, 2.24) is 9.80 Å². The van der Waals surface area contributed by atoms with Crippen LogP contribution in [0, 0.1) is 5.92 Å². The average Bonchev–Trinajstić information content (AvgIpc) is 3.06. The molecule has 0 unspecified atom stereocenters. The molecule has 9 heteroatoms. The molecule has 1 heterocycles. The molecule has 0 spiro atoms. The fraction of sp³-hybridized carbons (Fsp3) is 0.432. The number of fused-ring (bicyclic) bond motifs is 1. The van der Waals surface area contributed by atoms with Gasteiger partial charge in [0.2, 0.25) is 5.91 Å². The summed E-state index contributed by atoms with van der Waals surface area (Å²) in [5.74, 6) is -0.367. The maximum atomic E-state index is 14.3. The van der Waals surface area contributed by atoms with Gasteiger partial charge < -0.3 is 29.7 Å². The minimum absolute atomic E-state index is 0.103. The molecule has 3 aromatic carbocycles. The highest BCUT2D eigenvalue weighted by molar-refractivity contribution is 6.00. The number of carbonyl (C=O) groups is 3. The Bertz CT molecular complexity index is 1430. The molecular formula is C37H47N3O6. The molecule has 1 aliphatic heterocycles. The van der Waals surface area contributed by atoms with Crippen LogP contribution in [-0.4, -0.2) is 84.2 Å². The molecule has 2 N–H and O–H groups in total. The fourth-order valence-electron chi connectivity index (χ4n) is 5.60. The standard InChI is InChI=1S/C37H47N3O6/c1-26-23-40(27(2)25-41)37(44)32-22-31(38-35(42)21-29-14-7-5-8-15-29)18-19-33(32)46-28(3)13-11-12-20-45-34(26)24-39(4)36(43)30-16-9-6-10-17-30/h5-10,14-19,22,26-28,34,41H,11-13,20-21,23-25H2,1-4H3,(H,38,42)/t26-,27-,28+,34+/m0/s1. The van der Waals surface area contributed by atoms with Crippen LogP contribution in [0.5, 0.6) is 5.75 Å². The Hall–Kier alpha value is -4.21. The zero-order valence-corrected chi connectivity index (χ0v) is 27.4. The largest absolute Gasteiger partial charge is 0.490 e. The van der Waals surface area contributed by atoms with E-state index in [2.05, 4.69) is 5.32 Å². The van der Waals surface area contributed by atoms with Crippen molar-refractivity contribution >= 4 is 23.4 Å². The third-order valence-electron chi connectivity index (χ3n) is 8.36. The molecule has 0 aromatic heterocycles. The third-order valence-corrected chi connectivity index (χ3v) is 8.36. The predicted molar refractivity (Wildman–Crippen MR) is 179 cm³/mol. The summed E-state index contributed by atoms with van der Waals surface area (Å²) in [6.45, 7) is 6.67. The number of nitrogens with zero attached hydrogens (tertiary/aromatic N) is 2. The highest BCUT2D eigenvalue weighted by atomic mass is 16.5. The van der Waals surface area contributed by atoms with Crippen LogP contribution in [0.4, 0.5) is 5.69 Å². The van der Waals surface area contributed by atoms with Crippen molar-refractivity contribution in [1.29, 1.82) is 0 Å². The van der Waals surface area contributed by atoms with E-state index in [4.69, 9.17) is 9.47 Å². The van der Waals surface area contributed by atoms with Crippen molar-refractivity contribution < 1.29 is 29.0 Å². The Balaban J connectivity index is 1.60. The summed E-state index contributed by atoms with van der Waals surface area (Å²) in [6.07, 6.45) is 2.14. The lowest BCUT2D eigenvalue weighted by molar-refractivity contribution is -0.115. The summed E-state index contributed by atoms with van der Waals surface area (Å²) in [7, 11) is 1.76. The second kappa shape index (κ2) is 16.9. The van der Waals surface area contributed by atoms with Crippen molar-refractivity contribution in [2.24, 2.45) is 5.92 Å². The molecule has 0 aliphatic carbocycles. The molecule has 0 saturated heterocycles. The van der Waals surface area contributed by atoms with Crippen molar-refractivity contribution in [3.8, 4) is 5.75 Å². The molecule has 3 amide bonds. The monoisotopic (exact) mass is 629 g/mol. The van der Waals surface area contributed by atoms with Crippen LogP contribution in [0.25, 0.3) is 0 Å². The number of carbonyl (C=O) groups excluding carboxylic acids is 3. The van der Waals surface area contributed by atoms with E-state index in [9.17, 15) is 19.5 Å². The van der Waals surface area contributed by atoms with Crippen LogP contribution in [0.3, 0.4) is 0 Å². The molecule has 3 aromatic rings. The summed E-state index contributed by atoms with van der Waals surface area (Å²) in [5.41, 5.74) is 2.28. The number of anilines is 1. The molecule has 46 heavy (non-hydrogen) atoms. The number of benzene rings is 3. The van der Waals surface area contributed by atoms with Crippen LogP contribution < -0.4 is 10.1 Å². The van der Waals surface area contributed by atoms with Gasteiger partial charge in [0.25, 0.3) is 11.8 Å². The number of hydrogen-bond donors (Lipinski definition) is 2. The van der Waals surface area contributed by atoms with Gasteiger partial charge in [0.05, 0.1) is 36.8 Å². The number of nitrogens with one attached hydrogen (secondary N) is 1. The highest BCUT2D eigenvalue weighted by Crippen LogP contribution is 2.28. The Labute approximate surface area is 272 Å². The molecule has 0 radical (unpaired) electrons. The normalized spacial score (nSPS) is 20.1. The summed E-state index contributed by atoms with van der Waals surface area (Å²) in [6, 6.07) is 23.2. The zero-order chi connectivity index (χ0) is 33.1. The Morgan fingerprint density at radius 2 is 1.72 bits per heavy atom. The quantitative estimate of drug-likeness (QED) is 0.344. The number of amides is 3. The molecule has 0 bridgehead atoms. The molecule has 246 valence electrons. The van der Waals surface area contributed by atoms with Gasteiger partial charge in [0, 0.05) is 43.9 Å². The number of hydrogen-bond acceptors (Lipinski definition) is 6. The predicted octanol–water partition coefficient (Wildman–Crippen LogP) is 5.44. The van der Waals surface area contributed by atoms with Crippen molar-refractivity contribution in [3.63, 3.8) is 0 Å². The van der Waals surface area contributed by atoms with Gasteiger partial charge in [-0.1, -0.05) is 55.5 Å². The van der Waals surface area contributed by atoms with Gasteiger partial charge in [-0.2, -0.15) is 0 Å². The van der Waals surface area contributed by atoms with E-state index in [-0.39, 0.29) is 55.4 Å². The SMILES string of the molecule is C[C@@H]1CCCCO[C@H](CN(C)C(=O)c2ccccc2)[C@@H](C)CN([C@@H](C)CO)C(=O)c2cc(NC(=O)Cc3ccccc3)ccc2O1. The zero-order valence-electron chi connectivity index (χ0n) is 27.4. The minimum atomic E-state index is -0.506. The molecule has 1 aliphatic rings. The summed E-state index contributed by atoms with van der Waals surface area (Å²) in [5, 5.41) is 13.1. The molecule has 0 fully saturated rings. The van der Waals surface area contributed by atoms with Gasteiger partial charge >= 0.3 is 0 Å². The first-order valence-corrected chi connectivity index (χ1v) is 16.1. The highest BCUT2D eigenvalue weighted by Gasteiger charge is 2.31. The second-order valence-electron chi connectivity index (χ2n) is 12.3. The molecule has 0 saturated carbocycles. The van der Waals surface area contributed by atoms with Crippen LogP contribution in [0.2, 0.25) is 0 Å². The lowest BCUT2D eigenvalue weighted by Crippen LogP contribution is -2.48. The van der Waals surface area contributed by atoms with Crippen molar-refractivity contribution in [2.45, 2.75) is 64.7 Å². The van der Waals surface area contributed by atoms with E-state index >= 15 is 0 Å².